The van der Waals surface area contributed by atoms with Crippen LogP contribution in [0.25, 0.3) is 0 Å². The topological polar surface area (TPSA) is 84.9 Å². The van der Waals surface area contributed by atoms with E-state index in [9.17, 15) is 13.2 Å². The van der Waals surface area contributed by atoms with Gasteiger partial charge in [0.05, 0.1) is 20.0 Å². The van der Waals surface area contributed by atoms with Gasteiger partial charge in [-0.25, -0.2) is 12.7 Å². The van der Waals surface area contributed by atoms with Crippen molar-refractivity contribution in [3.05, 3.63) is 23.8 Å². The minimum Gasteiger partial charge on any atom is -0.497 e. The fourth-order valence-corrected chi connectivity index (χ4v) is 2.24. The molecule has 0 bridgehead atoms. The van der Waals surface area contributed by atoms with Crippen LogP contribution in [0.2, 0.25) is 0 Å². The summed E-state index contributed by atoms with van der Waals surface area (Å²) in [6, 6.07) is 4.75. The summed E-state index contributed by atoms with van der Waals surface area (Å²) in [6.45, 7) is 0.0267. The first-order valence-electron chi connectivity index (χ1n) is 6.21. The highest BCUT2D eigenvalue weighted by Crippen LogP contribution is 2.22. The molecule has 0 saturated heterocycles. The maximum Gasteiger partial charge on any atom is 0.251 e. The third kappa shape index (κ3) is 4.91. The monoisotopic (exact) mass is 316 g/mol. The number of methoxy groups -OCH3 is 2. The van der Waals surface area contributed by atoms with Crippen molar-refractivity contribution in [3.63, 3.8) is 0 Å². The van der Waals surface area contributed by atoms with Crippen LogP contribution >= 0.6 is 0 Å². The molecule has 1 rings (SSSR count). The summed E-state index contributed by atoms with van der Waals surface area (Å²) < 4.78 is 34.4. The summed E-state index contributed by atoms with van der Waals surface area (Å²) in [4.78, 5) is 12.0. The molecular weight excluding hydrogens is 296 g/mol. The van der Waals surface area contributed by atoms with Gasteiger partial charge in [-0.2, -0.15) is 0 Å². The van der Waals surface area contributed by atoms with Gasteiger partial charge in [0.2, 0.25) is 10.0 Å². The molecule has 0 radical (unpaired) electrons. The standard InChI is InChI=1S/C13H20N2O5S/c1-15(2)21(17,18)6-5-14-13(16)10-7-11(19-3)9-12(8-10)20-4/h7-9H,5-6H2,1-4H3,(H,14,16). The predicted octanol–water partition coefficient (Wildman–Crippen LogP) is 0.325. The van der Waals surface area contributed by atoms with Crippen molar-refractivity contribution >= 4 is 15.9 Å². The van der Waals surface area contributed by atoms with Crippen LogP contribution in [0, 0.1) is 0 Å². The second kappa shape index (κ2) is 7.28. The Bertz CT molecular complexity index is 576. The lowest BCUT2D eigenvalue weighted by atomic mass is 10.2. The average Bonchev–Trinajstić information content (AvgIpc) is 2.46. The summed E-state index contributed by atoms with van der Waals surface area (Å²) in [5, 5.41) is 2.56. The second-order valence-corrected chi connectivity index (χ2v) is 6.76. The molecule has 0 aliphatic rings. The minimum absolute atomic E-state index is 0.0267. The number of rotatable bonds is 7. The summed E-state index contributed by atoms with van der Waals surface area (Å²) in [6.07, 6.45) is 0. The Morgan fingerprint density at radius 1 is 1.14 bits per heavy atom. The minimum atomic E-state index is -3.33. The van der Waals surface area contributed by atoms with Crippen molar-refractivity contribution in [2.45, 2.75) is 0 Å². The molecule has 21 heavy (non-hydrogen) atoms. The van der Waals surface area contributed by atoms with Crippen molar-refractivity contribution in [3.8, 4) is 11.5 Å². The summed E-state index contributed by atoms with van der Waals surface area (Å²) >= 11 is 0. The number of benzene rings is 1. The van der Waals surface area contributed by atoms with Crippen LogP contribution in [0.5, 0.6) is 11.5 Å². The number of hydrogen-bond donors (Lipinski definition) is 1. The Hall–Kier alpha value is -1.80. The predicted molar refractivity (Wildman–Crippen MR) is 79.4 cm³/mol. The van der Waals surface area contributed by atoms with Crippen molar-refractivity contribution in [2.24, 2.45) is 0 Å². The van der Waals surface area contributed by atoms with Gasteiger partial charge in [0, 0.05) is 32.3 Å². The first kappa shape index (κ1) is 17.3. The molecule has 0 aromatic heterocycles. The van der Waals surface area contributed by atoms with Gasteiger partial charge in [0.1, 0.15) is 11.5 Å². The van der Waals surface area contributed by atoms with Gasteiger partial charge in [-0.05, 0) is 12.1 Å². The Labute approximate surface area is 124 Å². The number of nitrogens with one attached hydrogen (secondary N) is 1. The molecule has 0 atom stereocenters. The number of ether oxygens (including phenoxy) is 2. The summed E-state index contributed by atoms with van der Waals surface area (Å²) in [5.74, 6) is 0.425. The van der Waals surface area contributed by atoms with Crippen LogP contribution < -0.4 is 14.8 Å². The molecule has 1 aromatic carbocycles. The van der Waals surface area contributed by atoms with Crippen LogP contribution in [0.15, 0.2) is 18.2 Å². The van der Waals surface area contributed by atoms with Gasteiger partial charge in [-0.1, -0.05) is 0 Å². The van der Waals surface area contributed by atoms with Gasteiger partial charge >= 0.3 is 0 Å². The van der Waals surface area contributed by atoms with Crippen LogP contribution in [0.4, 0.5) is 0 Å². The highest BCUT2D eigenvalue weighted by atomic mass is 32.2. The van der Waals surface area contributed by atoms with E-state index in [0.717, 1.165) is 4.31 Å². The largest absolute Gasteiger partial charge is 0.497 e. The Morgan fingerprint density at radius 3 is 2.10 bits per heavy atom. The van der Waals surface area contributed by atoms with Gasteiger partial charge < -0.3 is 14.8 Å². The highest BCUT2D eigenvalue weighted by Gasteiger charge is 2.15. The number of hydrogen-bond acceptors (Lipinski definition) is 5. The summed E-state index contributed by atoms with van der Waals surface area (Å²) in [5.41, 5.74) is 0.341. The zero-order valence-corrected chi connectivity index (χ0v) is 13.4. The third-order valence-corrected chi connectivity index (χ3v) is 4.65. The number of amides is 1. The zero-order chi connectivity index (χ0) is 16.0. The Kier molecular flexibility index (Phi) is 5.98. The molecule has 118 valence electrons. The van der Waals surface area contributed by atoms with Gasteiger partial charge in [-0.3, -0.25) is 4.79 Å². The van der Waals surface area contributed by atoms with E-state index in [0.29, 0.717) is 17.1 Å². The van der Waals surface area contributed by atoms with Crippen LogP contribution in [0.1, 0.15) is 10.4 Å². The molecule has 1 aromatic rings. The normalized spacial score (nSPS) is 11.3. The van der Waals surface area contributed by atoms with Crippen LogP contribution in [-0.4, -0.2) is 59.2 Å². The molecule has 0 saturated carbocycles. The van der Waals surface area contributed by atoms with Crippen molar-refractivity contribution in [2.75, 3.05) is 40.6 Å². The molecule has 0 spiro atoms. The van der Waals surface area contributed by atoms with E-state index in [1.807, 2.05) is 0 Å². The first-order chi connectivity index (χ1) is 9.80. The fraction of sp³-hybridized carbons (Fsp3) is 0.462. The molecule has 0 unspecified atom stereocenters. The van der Waals surface area contributed by atoms with E-state index < -0.39 is 10.0 Å². The first-order valence-corrected chi connectivity index (χ1v) is 7.82. The van der Waals surface area contributed by atoms with E-state index in [1.165, 1.54) is 28.3 Å². The lowest BCUT2D eigenvalue weighted by Crippen LogP contribution is -2.33. The van der Waals surface area contributed by atoms with E-state index in [4.69, 9.17) is 9.47 Å². The van der Waals surface area contributed by atoms with E-state index in [2.05, 4.69) is 5.32 Å². The maximum atomic E-state index is 12.0. The van der Waals surface area contributed by atoms with Gasteiger partial charge in [0.25, 0.3) is 5.91 Å². The second-order valence-electron chi connectivity index (χ2n) is 4.46. The van der Waals surface area contributed by atoms with E-state index >= 15 is 0 Å². The van der Waals surface area contributed by atoms with Crippen molar-refractivity contribution in [1.82, 2.24) is 9.62 Å². The molecule has 8 heteroatoms. The van der Waals surface area contributed by atoms with Gasteiger partial charge in [-0.15, -0.1) is 0 Å². The van der Waals surface area contributed by atoms with Crippen molar-refractivity contribution < 1.29 is 22.7 Å². The molecule has 0 aliphatic heterocycles. The molecule has 1 amide bonds. The Morgan fingerprint density at radius 2 is 1.67 bits per heavy atom. The number of nitrogens with zero attached hydrogens (tertiary/aromatic N) is 1. The number of carbonyl (C=O) groups is 1. The molecular formula is C13H20N2O5S. The highest BCUT2D eigenvalue weighted by molar-refractivity contribution is 7.89. The lowest BCUT2D eigenvalue weighted by molar-refractivity contribution is 0.0955. The quantitative estimate of drug-likeness (QED) is 0.783. The lowest BCUT2D eigenvalue weighted by Gasteiger charge is -2.12. The van der Waals surface area contributed by atoms with Crippen LogP contribution in [-0.2, 0) is 10.0 Å². The molecule has 0 heterocycles. The molecule has 0 aliphatic carbocycles. The molecule has 1 N–H and O–H groups in total. The summed E-state index contributed by atoms with van der Waals surface area (Å²) in [7, 11) is 2.54. The SMILES string of the molecule is COc1cc(OC)cc(C(=O)NCCS(=O)(=O)N(C)C)c1. The van der Waals surface area contributed by atoms with Crippen molar-refractivity contribution in [1.29, 1.82) is 0 Å². The van der Waals surface area contributed by atoms with E-state index in [-0.39, 0.29) is 18.2 Å². The number of carbonyl (C=O) groups excluding carboxylic acids is 1. The molecule has 7 nitrogen and oxygen atoms in total. The maximum absolute atomic E-state index is 12.0. The smallest absolute Gasteiger partial charge is 0.251 e. The van der Waals surface area contributed by atoms with Gasteiger partial charge in [0.15, 0.2) is 0 Å². The zero-order valence-electron chi connectivity index (χ0n) is 12.5. The third-order valence-electron chi connectivity index (χ3n) is 2.82. The molecule has 0 fully saturated rings. The number of sulfonamides is 1. The average molecular weight is 316 g/mol. The van der Waals surface area contributed by atoms with E-state index in [1.54, 1.807) is 18.2 Å². The van der Waals surface area contributed by atoms with Crippen LogP contribution in [0.3, 0.4) is 0 Å². The fourth-order valence-electron chi connectivity index (χ4n) is 1.52. The Balaban J connectivity index is 2.72.